The first kappa shape index (κ1) is 20.3. The van der Waals surface area contributed by atoms with E-state index in [4.69, 9.17) is 0 Å². The highest BCUT2D eigenvalue weighted by Crippen LogP contribution is 2.34. The molecule has 0 radical (unpaired) electrons. The van der Waals surface area contributed by atoms with Crippen LogP contribution in [0, 0.1) is 5.82 Å². The Bertz CT molecular complexity index is 1010. The number of aromatic amines is 1. The molecule has 30 heavy (non-hydrogen) atoms. The maximum Gasteiger partial charge on any atom is 0.224 e. The van der Waals surface area contributed by atoms with E-state index in [9.17, 15) is 9.18 Å². The maximum absolute atomic E-state index is 13.6. The Morgan fingerprint density at radius 2 is 1.97 bits per heavy atom. The predicted octanol–water partition coefficient (Wildman–Crippen LogP) is 5.64. The molecule has 1 unspecified atom stereocenters. The fourth-order valence-electron chi connectivity index (χ4n) is 4.29. The smallest absolute Gasteiger partial charge is 0.224 e. The van der Waals surface area contributed by atoms with E-state index in [2.05, 4.69) is 35.9 Å². The van der Waals surface area contributed by atoms with Crippen LogP contribution in [0.2, 0.25) is 0 Å². The molecule has 0 bridgehead atoms. The Morgan fingerprint density at radius 3 is 2.73 bits per heavy atom. The molecule has 1 saturated heterocycles. The summed E-state index contributed by atoms with van der Waals surface area (Å²) in [4.78, 5) is 23.2. The van der Waals surface area contributed by atoms with E-state index in [0.717, 1.165) is 42.9 Å². The summed E-state index contributed by atoms with van der Waals surface area (Å²) in [5, 5.41) is 0. The highest BCUT2D eigenvalue weighted by Gasteiger charge is 2.33. The highest BCUT2D eigenvalue weighted by molar-refractivity contribution is 5.78. The number of likely N-dealkylation sites (tertiary alicyclic amines) is 1. The summed E-state index contributed by atoms with van der Waals surface area (Å²) in [5.74, 6) is 0.651. The molecule has 4 rings (SSSR count). The van der Waals surface area contributed by atoms with Crippen molar-refractivity contribution in [1.29, 1.82) is 0 Å². The van der Waals surface area contributed by atoms with Gasteiger partial charge in [0.05, 0.1) is 17.9 Å². The number of nitrogens with one attached hydrogen (secondary N) is 1. The van der Waals surface area contributed by atoms with Crippen molar-refractivity contribution >= 4 is 5.91 Å². The zero-order valence-electron chi connectivity index (χ0n) is 17.6. The molecule has 0 aliphatic carbocycles. The summed E-state index contributed by atoms with van der Waals surface area (Å²) in [5.41, 5.74) is 2.45. The molecule has 1 aliphatic rings. The fraction of sp³-hybridized carbons (Fsp3) is 0.360. The Kier molecular flexibility index (Phi) is 5.71. The molecule has 1 N–H and O–H groups in total. The number of halogens is 1. The Balaban J connectivity index is 1.54. The number of piperidine rings is 1. The van der Waals surface area contributed by atoms with Crippen LogP contribution in [-0.2, 0) is 10.2 Å². The standard InChI is InChI=1S/C25H28FN3O/c1-25(2,19-10-4-3-5-11-19)16-23(30)29-14-7-6-13-22(29)24-27-17-21(28-24)18-9-8-12-20(26)15-18/h3-5,8-12,15,17,22H,6-7,13-14,16H2,1-2H3,(H,27,28). The van der Waals surface area contributed by atoms with Gasteiger partial charge in [-0.15, -0.1) is 0 Å². The first-order chi connectivity index (χ1) is 14.4. The van der Waals surface area contributed by atoms with Gasteiger partial charge in [0.25, 0.3) is 0 Å². The van der Waals surface area contributed by atoms with E-state index in [-0.39, 0.29) is 23.2 Å². The van der Waals surface area contributed by atoms with Crippen LogP contribution in [0.25, 0.3) is 11.3 Å². The van der Waals surface area contributed by atoms with E-state index in [1.54, 1.807) is 12.3 Å². The van der Waals surface area contributed by atoms with Gasteiger partial charge in [-0.3, -0.25) is 4.79 Å². The van der Waals surface area contributed by atoms with Gasteiger partial charge in [-0.05, 0) is 42.4 Å². The summed E-state index contributed by atoms with van der Waals surface area (Å²) in [6, 6.07) is 16.6. The lowest BCUT2D eigenvalue weighted by Crippen LogP contribution is -2.41. The second-order valence-corrected chi connectivity index (χ2v) is 8.72. The number of aromatic nitrogens is 2. The second-order valence-electron chi connectivity index (χ2n) is 8.72. The van der Waals surface area contributed by atoms with E-state index in [0.29, 0.717) is 6.42 Å². The van der Waals surface area contributed by atoms with Gasteiger partial charge in [0.2, 0.25) is 5.91 Å². The molecule has 4 nitrogen and oxygen atoms in total. The molecular formula is C25H28FN3O. The van der Waals surface area contributed by atoms with Crippen molar-refractivity contribution in [2.45, 2.75) is 51.0 Å². The van der Waals surface area contributed by atoms with Gasteiger partial charge < -0.3 is 9.88 Å². The summed E-state index contributed by atoms with van der Waals surface area (Å²) >= 11 is 0. The molecule has 0 spiro atoms. The van der Waals surface area contributed by atoms with Crippen molar-refractivity contribution in [3.8, 4) is 11.3 Å². The minimum atomic E-state index is -0.277. The van der Waals surface area contributed by atoms with Crippen molar-refractivity contribution in [2.24, 2.45) is 0 Å². The molecule has 156 valence electrons. The van der Waals surface area contributed by atoms with E-state index >= 15 is 0 Å². The van der Waals surface area contributed by atoms with Crippen molar-refractivity contribution in [2.75, 3.05) is 6.54 Å². The molecule has 1 atom stereocenters. The average molecular weight is 406 g/mol. The fourth-order valence-corrected chi connectivity index (χ4v) is 4.29. The number of amides is 1. The third-order valence-corrected chi connectivity index (χ3v) is 6.02. The normalized spacial score (nSPS) is 17.2. The summed E-state index contributed by atoms with van der Waals surface area (Å²) in [6.45, 7) is 4.98. The number of rotatable bonds is 5. The quantitative estimate of drug-likeness (QED) is 0.597. The van der Waals surface area contributed by atoms with Gasteiger partial charge in [-0.25, -0.2) is 9.37 Å². The summed E-state index contributed by atoms with van der Waals surface area (Å²) in [7, 11) is 0. The summed E-state index contributed by atoms with van der Waals surface area (Å²) < 4.78 is 13.6. The van der Waals surface area contributed by atoms with Crippen molar-refractivity contribution in [3.63, 3.8) is 0 Å². The lowest BCUT2D eigenvalue weighted by Gasteiger charge is -2.37. The molecule has 1 aromatic heterocycles. The highest BCUT2D eigenvalue weighted by atomic mass is 19.1. The molecule has 0 saturated carbocycles. The van der Waals surface area contributed by atoms with Crippen molar-refractivity contribution < 1.29 is 9.18 Å². The number of imidazole rings is 1. The Labute approximate surface area is 177 Å². The van der Waals surface area contributed by atoms with Crippen molar-refractivity contribution in [3.05, 3.63) is 78.0 Å². The molecule has 1 aliphatic heterocycles. The van der Waals surface area contributed by atoms with E-state index in [1.807, 2.05) is 29.2 Å². The number of carbonyl (C=O) groups is 1. The van der Waals surface area contributed by atoms with Gasteiger partial charge >= 0.3 is 0 Å². The molecule has 2 aromatic carbocycles. The van der Waals surface area contributed by atoms with Gasteiger partial charge in [-0.2, -0.15) is 0 Å². The van der Waals surface area contributed by atoms with Gasteiger partial charge in [0.1, 0.15) is 11.6 Å². The number of H-pyrrole nitrogens is 1. The summed E-state index contributed by atoms with van der Waals surface area (Å²) in [6.07, 6.45) is 5.13. The number of hydrogen-bond donors (Lipinski definition) is 1. The van der Waals surface area contributed by atoms with Crippen LogP contribution in [-0.4, -0.2) is 27.3 Å². The number of nitrogens with zero attached hydrogens (tertiary/aromatic N) is 2. The molecule has 5 heteroatoms. The SMILES string of the molecule is CC(C)(CC(=O)N1CCCCC1c1ncc(-c2cccc(F)c2)[nH]1)c1ccccc1. The minimum absolute atomic E-state index is 0.0693. The monoisotopic (exact) mass is 405 g/mol. The van der Waals surface area contributed by atoms with Crippen LogP contribution in [0.5, 0.6) is 0 Å². The molecule has 3 aromatic rings. The number of hydrogen-bond acceptors (Lipinski definition) is 2. The third kappa shape index (κ3) is 4.30. The van der Waals surface area contributed by atoms with E-state index < -0.39 is 0 Å². The molecule has 2 heterocycles. The largest absolute Gasteiger partial charge is 0.340 e. The zero-order valence-corrected chi connectivity index (χ0v) is 17.6. The van der Waals surface area contributed by atoms with Crippen LogP contribution >= 0.6 is 0 Å². The van der Waals surface area contributed by atoms with Crippen LogP contribution in [0.15, 0.2) is 60.8 Å². The number of carbonyl (C=O) groups excluding carboxylic acids is 1. The van der Waals surface area contributed by atoms with Crippen LogP contribution in [0.1, 0.15) is 57.0 Å². The first-order valence-electron chi connectivity index (χ1n) is 10.6. The Hall–Kier alpha value is -2.95. The maximum atomic E-state index is 13.6. The van der Waals surface area contributed by atoms with Crippen LogP contribution in [0.4, 0.5) is 4.39 Å². The second kappa shape index (κ2) is 8.42. The molecule has 1 amide bonds. The Morgan fingerprint density at radius 1 is 1.17 bits per heavy atom. The van der Waals surface area contributed by atoms with Gasteiger partial charge in [-0.1, -0.05) is 56.3 Å². The van der Waals surface area contributed by atoms with Gasteiger partial charge in [0, 0.05) is 18.5 Å². The van der Waals surface area contributed by atoms with E-state index in [1.165, 1.54) is 17.7 Å². The average Bonchev–Trinajstić information content (AvgIpc) is 3.24. The first-order valence-corrected chi connectivity index (χ1v) is 10.6. The van der Waals surface area contributed by atoms with Crippen LogP contribution < -0.4 is 0 Å². The minimum Gasteiger partial charge on any atom is -0.340 e. The topological polar surface area (TPSA) is 49.0 Å². The third-order valence-electron chi connectivity index (χ3n) is 6.02. The molecule has 1 fully saturated rings. The number of benzene rings is 2. The zero-order chi connectivity index (χ0) is 21.1. The van der Waals surface area contributed by atoms with Crippen molar-refractivity contribution in [1.82, 2.24) is 14.9 Å². The molecular weight excluding hydrogens is 377 g/mol. The van der Waals surface area contributed by atoms with Gasteiger partial charge in [0.15, 0.2) is 0 Å². The lowest BCUT2D eigenvalue weighted by atomic mass is 9.81. The predicted molar refractivity (Wildman–Crippen MR) is 116 cm³/mol. The lowest BCUT2D eigenvalue weighted by molar-refractivity contribution is -0.136. The van der Waals surface area contributed by atoms with Crippen LogP contribution in [0.3, 0.4) is 0 Å².